The molecule has 0 N–H and O–H groups in total. The highest BCUT2D eigenvalue weighted by atomic mass is 16.1. The molecule has 2 aromatic rings. The second-order valence-electron chi connectivity index (χ2n) is 3.80. The number of nitriles is 1. The van der Waals surface area contributed by atoms with Crippen molar-refractivity contribution < 1.29 is 0 Å². The Kier molecular flexibility index (Phi) is 3.06. The van der Waals surface area contributed by atoms with E-state index in [0.29, 0.717) is 6.54 Å². The number of hydrogen-bond donors (Lipinski definition) is 0. The smallest absolute Gasteiger partial charge is 0.268 e. The first-order valence-electron chi connectivity index (χ1n) is 5.28. The normalized spacial score (nSPS) is 10.1. The third kappa shape index (κ3) is 2.42. The maximum absolute atomic E-state index is 11.7. The van der Waals surface area contributed by atoms with E-state index in [-0.39, 0.29) is 11.1 Å². The van der Waals surface area contributed by atoms with Crippen LogP contribution in [-0.2, 0) is 20.0 Å². The van der Waals surface area contributed by atoms with Crippen LogP contribution in [-0.4, -0.2) is 14.3 Å². The second kappa shape index (κ2) is 4.66. The first kappa shape index (κ1) is 11.1. The minimum Gasteiger partial charge on any atom is -0.314 e. The zero-order valence-electron chi connectivity index (χ0n) is 9.50. The van der Waals surface area contributed by atoms with E-state index >= 15 is 0 Å². The summed E-state index contributed by atoms with van der Waals surface area (Å²) >= 11 is 0. The van der Waals surface area contributed by atoms with Gasteiger partial charge in [0, 0.05) is 26.0 Å². The fraction of sp³-hybridized carbons (Fsp3) is 0.250. The molecule has 0 bridgehead atoms. The Bertz CT molecular complexity index is 618. The number of aryl methyl sites for hydroxylation is 3. The first-order valence-corrected chi connectivity index (χ1v) is 5.28. The van der Waals surface area contributed by atoms with Crippen LogP contribution in [0.5, 0.6) is 0 Å². The van der Waals surface area contributed by atoms with Gasteiger partial charge in [-0.1, -0.05) is 0 Å². The molecule has 0 saturated heterocycles. The quantitative estimate of drug-likeness (QED) is 0.776. The van der Waals surface area contributed by atoms with Crippen LogP contribution >= 0.6 is 0 Å². The van der Waals surface area contributed by atoms with Crippen molar-refractivity contribution >= 4 is 0 Å². The van der Waals surface area contributed by atoms with Gasteiger partial charge in [0.15, 0.2) is 0 Å². The zero-order valence-corrected chi connectivity index (χ0v) is 9.50. The summed E-state index contributed by atoms with van der Waals surface area (Å²) in [6.45, 7) is 0.556. The standard InChI is InChI=1S/C12H12N4O/c1-15-9-10(8-14-15)4-6-16-5-2-3-11(7-13)12(16)17/h2-3,5,8-9H,4,6H2,1H3. The summed E-state index contributed by atoms with van der Waals surface area (Å²) in [5.74, 6) is 0. The van der Waals surface area contributed by atoms with E-state index in [1.807, 2.05) is 19.3 Å². The molecule has 2 rings (SSSR count). The minimum atomic E-state index is -0.237. The molecule has 2 aromatic heterocycles. The van der Waals surface area contributed by atoms with Crippen LogP contribution in [0.2, 0.25) is 0 Å². The Balaban J connectivity index is 2.15. The van der Waals surface area contributed by atoms with E-state index in [0.717, 1.165) is 12.0 Å². The van der Waals surface area contributed by atoms with E-state index in [9.17, 15) is 4.79 Å². The molecule has 0 spiro atoms. The summed E-state index contributed by atoms with van der Waals surface area (Å²) in [7, 11) is 1.85. The van der Waals surface area contributed by atoms with Crippen molar-refractivity contribution in [2.75, 3.05) is 0 Å². The summed E-state index contributed by atoms with van der Waals surface area (Å²) in [5, 5.41) is 12.8. The third-order valence-corrected chi connectivity index (χ3v) is 2.54. The molecular formula is C12H12N4O. The number of rotatable bonds is 3. The summed E-state index contributed by atoms with van der Waals surface area (Å²) in [6, 6.07) is 5.13. The Hall–Kier alpha value is -2.35. The van der Waals surface area contributed by atoms with E-state index < -0.39 is 0 Å². The number of pyridine rings is 1. The molecule has 0 radical (unpaired) electrons. The Morgan fingerprint density at radius 2 is 2.35 bits per heavy atom. The lowest BCUT2D eigenvalue weighted by molar-refractivity contribution is 0.667. The van der Waals surface area contributed by atoms with Crippen LogP contribution in [0.25, 0.3) is 0 Å². The minimum absolute atomic E-state index is 0.179. The highest BCUT2D eigenvalue weighted by Gasteiger charge is 2.02. The van der Waals surface area contributed by atoms with E-state index in [4.69, 9.17) is 5.26 Å². The van der Waals surface area contributed by atoms with Crippen molar-refractivity contribution in [3.63, 3.8) is 0 Å². The second-order valence-corrected chi connectivity index (χ2v) is 3.80. The van der Waals surface area contributed by atoms with Gasteiger partial charge in [0.1, 0.15) is 11.6 Å². The fourth-order valence-electron chi connectivity index (χ4n) is 1.65. The highest BCUT2D eigenvalue weighted by molar-refractivity contribution is 5.25. The van der Waals surface area contributed by atoms with Gasteiger partial charge >= 0.3 is 0 Å². The maximum Gasteiger partial charge on any atom is 0.268 e. The monoisotopic (exact) mass is 228 g/mol. The van der Waals surface area contributed by atoms with Gasteiger partial charge in [-0.2, -0.15) is 10.4 Å². The van der Waals surface area contributed by atoms with Crippen molar-refractivity contribution in [2.24, 2.45) is 7.05 Å². The third-order valence-electron chi connectivity index (χ3n) is 2.54. The summed E-state index contributed by atoms with van der Waals surface area (Å²) < 4.78 is 3.27. The lowest BCUT2D eigenvalue weighted by Crippen LogP contribution is -2.22. The molecular weight excluding hydrogens is 216 g/mol. The number of nitrogens with zero attached hydrogens (tertiary/aromatic N) is 4. The predicted octanol–water partition coefficient (Wildman–Crippen LogP) is 0.696. The topological polar surface area (TPSA) is 63.6 Å². The van der Waals surface area contributed by atoms with Gasteiger partial charge in [-0.15, -0.1) is 0 Å². The molecule has 0 aliphatic rings. The Morgan fingerprint density at radius 3 is 3.00 bits per heavy atom. The molecule has 86 valence electrons. The fourth-order valence-corrected chi connectivity index (χ4v) is 1.65. The van der Waals surface area contributed by atoms with E-state index in [1.54, 1.807) is 27.7 Å². The van der Waals surface area contributed by atoms with Crippen LogP contribution < -0.4 is 5.56 Å². The van der Waals surface area contributed by atoms with E-state index in [2.05, 4.69) is 5.10 Å². The summed E-state index contributed by atoms with van der Waals surface area (Å²) in [5.41, 5.74) is 1.01. The Morgan fingerprint density at radius 1 is 1.53 bits per heavy atom. The lowest BCUT2D eigenvalue weighted by atomic mass is 10.2. The average molecular weight is 228 g/mol. The SMILES string of the molecule is Cn1cc(CCn2cccc(C#N)c2=O)cn1. The highest BCUT2D eigenvalue weighted by Crippen LogP contribution is 1.99. The molecule has 0 amide bonds. The van der Waals surface area contributed by atoms with Crippen LogP contribution in [0.4, 0.5) is 0 Å². The molecule has 0 aliphatic carbocycles. The van der Waals surface area contributed by atoms with Crippen molar-refractivity contribution in [1.29, 1.82) is 5.26 Å². The van der Waals surface area contributed by atoms with Crippen LogP contribution in [0.3, 0.4) is 0 Å². The van der Waals surface area contributed by atoms with Gasteiger partial charge in [-0.05, 0) is 24.1 Å². The van der Waals surface area contributed by atoms with Gasteiger partial charge in [-0.3, -0.25) is 9.48 Å². The molecule has 0 saturated carbocycles. The number of aromatic nitrogens is 3. The summed E-state index contributed by atoms with van der Waals surface area (Å²) in [6.07, 6.45) is 6.11. The molecule has 0 fully saturated rings. The molecule has 5 nitrogen and oxygen atoms in total. The van der Waals surface area contributed by atoms with Crippen molar-refractivity contribution in [3.8, 4) is 6.07 Å². The van der Waals surface area contributed by atoms with E-state index in [1.165, 1.54) is 6.07 Å². The summed E-state index contributed by atoms with van der Waals surface area (Å²) in [4.78, 5) is 11.7. The van der Waals surface area contributed by atoms with Crippen molar-refractivity contribution in [3.05, 3.63) is 52.2 Å². The largest absolute Gasteiger partial charge is 0.314 e. The number of hydrogen-bond acceptors (Lipinski definition) is 3. The van der Waals surface area contributed by atoms with Crippen molar-refractivity contribution in [2.45, 2.75) is 13.0 Å². The van der Waals surface area contributed by atoms with Crippen LogP contribution in [0.15, 0.2) is 35.5 Å². The lowest BCUT2D eigenvalue weighted by Gasteiger charge is -2.03. The van der Waals surface area contributed by atoms with Gasteiger partial charge in [0.25, 0.3) is 5.56 Å². The van der Waals surface area contributed by atoms with Crippen LogP contribution in [0, 0.1) is 11.3 Å². The molecule has 0 unspecified atom stereocenters. The molecule has 0 atom stereocenters. The molecule has 0 aliphatic heterocycles. The first-order chi connectivity index (χ1) is 8.20. The van der Waals surface area contributed by atoms with Gasteiger partial charge in [-0.25, -0.2) is 0 Å². The molecule has 17 heavy (non-hydrogen) atoms. The van der Waals surface area contributed by atoms with Gasteiger partial charge < -0.3 is 4.57 Å². The van der Waals surface area contributed by atoms with Gasteiger partial charge in [0.2, 0.25) is 0 Å². The predicted molar refractivity (Wildman–Crippen MR) is 62.3 cm³/mol. The Labute approximate surface area is 98.5 Å². The molecule has 0 aromatic carbocycles. The van der Waals surface area contributed by atoms with Crippen molar-refractivity contribution in [1.82, 2.24) is 14.3 Å². The van der Waals surface area contributed by atoms with Gasteiger partial charge in [0.05, 0.1) is 6.20 Å². The average Bonchev–Trinajstić information content (AvgIpc) is 2.74. The maximum atomic E-state index is 11.7. The molecule has 2 heterocycles. The zero-order chi connectivity index (χ0) is 12.3. The van der Waals surface area contributed by atoms with Crippen LogP contribution in [0.1, 0.15) is 11.1 Å². The molecule has 5 heteroatoms.